The highest BCUT2D eigenvalue weighted by Crippen LogP contribution is 2.22. The maximum absolute atomic E-state index is 12.9. The number of aromatic nitrogens is 1. The number of pyridine rings is 1. The van der Waals surface area contributed by atoms with E-state index in [-0.39, 0.29) is 23.9 Å². The van der Waals surface area contributed by atoms with Crippen LogP contribution in [0.5, 0.6) is 0 Å². The summed E-state index contributed by atoms with van der Waals surface area (Å²) in [5.74, 6) is 0.0807. The summed E-state index contributed by atoms with van der Waals surface area (Å²) in [6.45, 7) is 2.19. The van der Waals surface area contributed by atoms with Crippen LogP contribution in [0.2, 0.25) is 0 Å². The van der Waals surface area contributed by atoms with Gasteiger partial charge in [0.15, 0.2) is 0 Å². The van der Waals surface area contributed by atoms with Crippen molar-refractivity contribution in [1.29, 1.82) is 0 Å². The van der Waals surface area contributed by atoms with Gasteiger partial charge in [0.25, 0.3) is 5.91 Å². The van der Waals surface area contributed by atoms with Crippen LogP contribution < -0.4 is 10.9 Å². The zero-order valence-electron chi connectivity index (χ0n) is 15.3. The lowest BCUT2D eigenvalue weighted by Gasteiger charge is -2.36. The van der Waals surface area contributed by atoms with Crippen molar-refractivity contribution >= 4 is 27.7 Å². The normalized spacial score (nSPS) is 22.3. The van der Waals surface area contributed by atoms with E-state index in [0.29, 0.717) is 38.2 Å². The number of benzene rings is 1. The Morgan fingerprint density at radius 1 is 0.964 bits per heavy atom. The lowest BCUT2D eigenvalue weighted by atomic mass is 10.1. The summed E-state index contributed by atoms with van der Waals surface area (Å²) in [5, 5.41) is 0. The molecule has 1 aromatic heterocycles. The molecule has 2 aliphatic heterocycles. The average Bonchev–Trinajstić information content (AvgIpc) is 3.24. The zero-order chi connectivity index (χ0) is 19.5. The molecule has 3 heterocycles. The molecule has 7 nitrogen and oxygen atoms in total. The second kappa shape index (κ2) is 8.38. The van der Waals surface area contributed by atoms with E-state index >= 15 is 0 Å². The molecule has 146 valence electrons. The van der Waals surface area contributed by atoms with Crippen LogP contribution in [0.4, 0.5) is 0 Å². The molecule has 2 atom stereocenters. The van der Waals surface area contributed by atoms with Gasteiger partial charge in [0.05, 0.1) is 11.7 Å². The van der Waals surface area contributed by atoms with Crippen LogP contribution in [0.1, 0.15) is 28.5 Å². The Labute approximate surface area is 172 Å². The molecule has 2 unspecified atom stereocenters. The zero-order valence-corrected chi connectivity index (χ0v) is 16.9. The minimum atomic E-state index is -0.277. The van der Waals surface area contributed by atoms with E-state index in [1.807, 2.05) is 52.3 Å². The van der Waals surface area contributed by atoms with Gasteiger partial charge in [-0.2, -0.15) is 0 Å². The maximum atomic E-state index is 12.9. The fourth-order valence-corrected chi connectivity index (χ4v) is 3.88. The Kier molecular flexibility index (Phi) is 5.70. The summed E-state index contributed by atoms with van der Waals surface area (Å²) < 4.78 is 0.946. The van der Waals surface area contributed by atoms with Crippen LogP contribution in [0.3, 0.4) is 0 Å². The van der Waals surface area contributed by atoms with Crippen molar-refractivity contribution in [2.75, 3.05) is 26.2 Å². The summed E-state index contributed by atoms with van der Waals surface area (Å²) in [6.07, 6.45) is 2.42. The van der Waals surface area contributed by atoms with E-state index in [4.69, 9.17) is 0 Å². The van der Waals surface area contributed by atoms with Crippen LogP contribution in [0.15, 0.2) is 53.1 Å². The highest BCUT2D eigenvalue weighted by atomic mass is 79.9. The summed E-state index contributed by atoms with van der Waals surface area (Å²) in [4.78, 5) is 33.5. The molecule has 1 aromatic carbocycles. The third kappa shape index (κ3) is 4.09. The molecule has 0 bridgehead atoms. The smallest absolute Gasteiger partial charge is 0.253 e. The van der Waals surface area contributed by atoms with Crippen molar-refractivity contribution in [2.45, 2.75) is 18.5 Å². The number of nitrogens with one attached hydrogen (secondary N) is 2. The van der Waals surface area contributed by atoms with Gasteiger partial charge in [-0.15, -0.1) is 0 Å². The van der Waals surface area contributed by atoms with Gasteiger partial charge in [0.1, 0.15) is 6.04 Å². The number of carbonyl (C=O) groups excluding carboxylic acids is 2. The molecule has 0 aliphatic carbocycles. The monoisotopic (exact) mass is 443 g/mol. The third-order valence-corrected chi connectivity index (χ3v) is 5.74. The highest BCUT2D eigenvalue weighted by molar-refractivity contribution is 9.10. The van der Waals surface area contributed by atoms with E-state index in [9.17, 15) is 9.59 Å². The first kappa shape index (κ1) is 19.0. The Bertz CT molecular complexity index is 837. The summed E-state index contributed by atoms with van der Waals surface area (Å²) >= 11 is 3.38. The van der Waals surface area contributed by atoms with E-state index in [0.717, 1.165) is 10.2 Å². The molecule has 2 aliphatic rings. The predicted molar refractivity (Wildman–Crippen MR) is 108 cm³/mol. The minimum Gasteiger partial charge on any atom is -0.338 e. The molecule has 28 heavy (non-hydrogen) atoms. The van der Waals surface area contributed by atoms with Gasteiger partial charge in [-0.25, -0.2) is 10.9 Å². The topological polar surface area (TPSA) is 77.6 Å². The van der Waals surface area contributed by atoms with E-state index < -0.39 is 0 Å². The first-order chi connectivity index (χ1) is 13.6. The Balaban J connectivity index is 1.31. The van der Waals surface area contributed by atoms with Crippen LogP contribution in [0, 0.1) is 0 Å². The second-order valence-electron chi connectivity index (χ2n) is 7.01. The number of hydrogen-bond donors (Lipinski definition) is 2. The molecule has 2 amide bonds. The Hall–Kier alpha value is -2.29. The average molecular weight is 444 g/mol. The van der Waals surface area contributed by atoms with Crippen molar-refractivity contribution < 1.29 is 9.59 Å². The lowest BCUT2D eigenvalue weighted by molar-refractivity contribution is -0.134. The number of amides is 2. The van der Waals surface area contributed by atoms with Crippen LogP contribution in [0.25, 0.3) is 0 Å². The first-order valence-corrected chi connectivity index (χ1v) is 10.2. The van der Waals surface area contributed by atoms with Gasteiger partial charge in [-0.3, -0.25) is 14.6 Å². The fourth-order valence-electron chi connectivity index (χ4n) is 3.62. The molecule has 8 heteroatoms. The summed E-state index contributed by atoms with van der Waals surface area (Å²) in [5.41, 5.74) is 7.86. The van der Waals surface area contributed by atoms with Crippen LogP contribution in [-0.4, -0.2) is 58.8 Å². The fraction of sp³-hybridized carbons (Fsp3) is 0.350. The highest BCUT2D eigenvalue weighted by Gasteiger charge is 2.35. The molecule has 2 aromatic rings. The summed E-state index contributed by atoms with van der Waals surface area (Å²) in [7, 11) is 0. The standard InChI is InChI=1S/C20H22BrN5O2/c21-15-6-4-14(5-7-15)19(27)25-9-11-26(12-10-25)20(28)18-13-17(23-24-18)16-3-1-2-8-22-16/h1-8,17-18,23-24H,9-13H2. The van der Waals surface area contributed by atoms with E-state index in [1.165, 1.54) is 0 Å². The lowest BCUT2D eigenvalue weighted by Crippen LogP contribution is -2.54. The van der Waals surface area contributed by atoms with Crippen molar-refractivity contribution in [2.24, 2.45) is 0 Å². The Morgan fingerprint density at radius 3 is 2.36 bits per heavy atom. The number of carbonyl (C=O) groups is 2. The number of rotatable bonds is 3. The van der Waals surface area contributed by atoms with Gasteiger partial charge >= 0.3 is 0 Å². The van der Waals surface area contributed by atoms with Crippen LogP contribution in [-0.2, 0) is 4.79 Å². The van der Waals surface area contributed by atoms with Gasteiger partial charge in [0.2, 0.25) is 5.91 Å². The van der Waals surface area contributed by atoms with E-state index in [2.05, 4.69) is 31.8 Å². The first-order valence-electron chi connectivity index (χ1n) is 9.37. The molecular formula is C20H22BrN5O2. The van der Waals surface area contributed by atoms with Crippen molar-refractivity contribution in [3.8, 4) is 0 Å². The predicted octanol–water partition coefficient (Wildman–Crippen LogP) is 1.74. The number of piperazine rings is 1. The SMILES string of the molecule is O=C(c1ccc(Br)cc1)N1CCN(C(=O)C2CC(c3ccccn3)NN2)CC1. The second-order valence-corrected chi connectivity index (χ2v) is 7.92. The van der Waals surface area contributed by atoms with Crippen molar-refractivity contribution in [3.63, 3.8) is 0 Å². The van der Waals surface area contributed by atoms with Gasteiger partial charge < -0.3 is 9.80 Å². The molecule has 0 radical (unpaired) electrons. The van der Waals surface area contributed by atoms with E-state index in [1.54, 1.807) is 6.20 Å². The van der Waals surface area contributed by atoms with Gasteiger partial charge in [-0.05, 0) is 42.8 Å². The van der Waals surface area contributed by atoms with Gasteiger partial charge in [0, 0.05) is 42.4 Å². The van der Waals surface area contributed by atoms with Crippen LogP contribution >= 0.6 is 15.9 Å². The largest absolute Gasteiger partial charge is 0.338 e. The molecular weight excluding hydrogens is 422 g/mol. The summed E-state index contributed by atoms with van der Waals surface area (Å²) in [6, 6.07) is 12.9. The van der Waals surface area contributed by atoms with Crippen molar-refractivity contribution in [3.05, 3.63) is 64.4 Å². The Morgan fingerprint density at radius 2 is 1.68 bits per heavy atom. The molecule has 0 spiro atoms. The van der Waals surface area contributed by atoms with Gasteiger partial charge in [-0.1, -0.05) is 22.0 Å². The quantitative estimate of drug-likeness (QED) is 0.755. The third-order valence-electron chi connectivity index (χ3n) is 5.22. The number of halogens is 1. The molecule has 4 rings (SSSR count). The molecule has 2 N–H and O–H groups in total. The number of hydrazine groups is 1. The minimum absolute atomic E-state index is 0.00970. The number of hydrogen-bond acceptors (Lipinski definition) is 5. The molecule has 0 saturated carbocycles. The molecule has 2 saturated heterocycles. The number of nitrogens with zero attached hydrogens (tertiary/aromatic N) is 3. The molecule has 2 fully saturated rings. The van der Waals surface area contributed by atoms with Crippen molar-refractivity contribution in [1.82, 2.24) is 25.6 Å². The maximum Gasteiger partial charge on any atom is 0.253 e.